The summed E-state index contributed by atoms with van der Waals surface area (Å²) in [5.74, 6) is -3.41. The minimum atomic E-state index is -1.21. The molecule has 0 unspecified atom stereocenters. The monoisotopic (exact) mass is 623 g/mol. The molecule has 1 aromatic rings. The number of carbonyl (C=O) groups excluding carboxylic acids is 4. The Morgan fingerprint density at radius 1 is 1.22 bits per heavy atom. The minimum absolute atomic E-state index is 0.0643. The van der Waals surface area contributed by atoms with Gasteiger partial charge in [-0.15, -0.1) is 13.2 Å². The van der Waals surface area contributed by atoms with Gasteiger partial charge in [-0.05, 0) is 37.2 Å². The highest BCUT2D eigenvalue weighted by Crippen LogP contribution is 2.59. The Balaban J connectivity index is 1.67. The molecule has 3 heterocycles. The highest BCUT2D eigenvalue weighted by Gasteiger charge is 2.75. The van der Waals surface area contributed by atoms with Crippen molar-refractivity contribution in [1.29, 1.82) is 0 Å². The van der Waals surface area contributed by atoms with Crippen LogP contribution >= 0.6 is 0 Å². The lowest BCUT2D eigenvalue weighted by Gasteiger charge is -2.40. The Morgan fingerprint density at radius 2 is 1.96 bits per heavy atom. The second kappa shape index (κ2) is 15.2. The predicted molar refractivity (Wildman–Crippen MR) is 170 cm³/mol. The summed E-state index contributed by atoms with van der Waals surface area (Å²) in [4.78, 5) is 58.5. The fourth-order valence-corrected chi connectivity index (χ4v) is 7.23. The molecule has 0 saturated carbocycles. The Kier molecular flexibility index (Phi) is 11.6. The lowest BCUT2D eigenvalue weighted by Crippen LogP contribution is -2.59. The Hall–Kier alpha value is -3.50. The van der Waals surface area contributed by atoms with Gasteiger partial charge in [0.15, 0.2) is 0 Å². The molecule has 4 rings (SSSR count). The molecular formula is C35H49N3O7. The van der Waals surface area contributed by atoms with Crippen LogP contribution in [-0.4, -0.2) is 88.6 Å². The maximum Gasteiger partial charge on any atom is 0.313 e. The van der Waals surface area contributed by atoms with Crippen LogP contribution in [0.5, 0.6) is 0 Å². The van der Waals surface area contributed by atoms with Gasteiger partial charge < -0.3 is 29.7 Å². The summed E-state index contributed by atoms with van der Waals surface area (Å²) < 4.78 is 12.7. The summed E-state index contributed by atoms with van der Waals surface area (Å²) in [6.07, 6.45) is 5.37. The SMILES string of the molecule is C=CCCC(=O)NC[C@H](OC(=O)[C@@H]1[C@@H]2CC[C@]3(O2)[C@H](C(=O)N(CC=C)CCCC)N([C@@H](CO)C(C)C)C(=O)[C@@H]13)c1ccccc1. The molecule has 1 spiro atoms. The summed E-state index contributed by atoms with van der Waals surface area (Å²) in [5.41, 5.74) is -0.505. The molecule has 7 atom stereocenters. The second-order valence-electron chi connectivity index (χ2n) is 12.7. The van der Waals surface area contributed by atoms with Crippen molar-refractivity contribution >= 4 is 23.7 Å². The Bertz CT molecular complexity index is 1240. The van der Waals surface area contributed by atoms with E-state index in [2.05, 4.69) is 18.5 Å². The van der Waals surface area contributed by atoms with E-state index in [1.54, 1.807) is 17.1 Å². The number of unbranched alkanes of at least 4 members (excludes halogenated alkanes) is 1. The van der Waals surface area contributed by atoms with Gasteiger partial charge in [-0.2, -0.15) is 0 Å². The second-order valence-corrected chi connectivity index (χ2v) is 12.7. The average molecular weight is 624 g/mol. The number of carbonyl (C=O) groups is 4. The summed E-state index contributed by atoms with van der Waals surface area (Å²) in [5, 5.41) is 13.3. The van der Waals surface area contributed by atoms with Gasteiger partial charge in [-0.25, -0.2) is 0 Å². The molecule has 1 aromatic carbocycles. The smallest absolute Gasteiger partial charge is 0.313 e. The number of aliphatic hydroxyl groups is 1. The first-order valence-corrected chi connectivity index (χ1v) is 16.3. The summed E-state index contributed by atoms with van der Waals surface area (Å²) >= 11 is 0. The maximum atomic E-state index is 14.4. The summed E-state index contributed by atoms with van der Waals surface area (Å²) in [6.45, 7) is 13.9. The van der Waals surface area contributed by atoms with Crippen molar-refractivity contribution in [3.63, 3.8) is 0 Å². The van der Waals surface area contributed by atoms with Crippen molar-refractivity contribution in [3.8, 4) is 0 Å². The molecule has 10 heteroatoms. The third-order valence-corrected chi connectivity index (χ3v) is 9.49. The lowest BCUT2D eigenvalue weighted by molar-refractivity contribution is -0.161. The summed E-state index contributed by atoms with van der Waals surface area (Å²) in [6, 6.07) is 7.53. The molecule has 3 aliphatic rings. The number of amides is 3. The predicted octanol–water partition coefficient (Wildman–Crippen LogP) is 3.56. The third-order valence-electron chi connectivity index (χ3n) is 9.49. The topological polar surface area (TPSA) is 125 Å². The molecule has 3 amide bonds. The molecule has 246 valence electrons. The molecule has 2 N–H and O–H groups in total. The number of hydrogen-bond acceptors (Lipinski definition) is 7. The van der Waals surface area contributed by atoms with Crippen LogP contribution in [0.25, 0.3) is 0 Å². The summed E-state index contributed by atoms with van der Waals surface area (Å²) in [7, 11) is 0. The number of benzene rings is 1. The molecule has 3 saturated heterocycles. The van der Waals surface area contributed by atoms with Crippen molar-refractivity contribution in [2.45, 2.75) is 89.2 Å². The number of hydrogen-bond donors (Lipinski definition) is 2. The number of fused-ring (bicyclic) bond motifs is 1. The van der Waals surface area contributed by atoms with E-state index in [-0.39, 0.29) is 43.2 Å². The van der Waals surface area contributed by atoms with Gasteiger partial charge >= 0.3 is 5.97 Å². The average Bonchev–Trinajstić information content (AvgIpc) is 3.68. The first-order valence-electron chi connectivity index (χ1n) is 16.3. The van der Waals surface area contributed by atoms with E-state index in [0.717, 1.165) is 12.8 Å². The highest BCUT2D eigenvalue weighted by molar-refractivity contribution is 5.98. The number of nitrogens with one attached hydrogen (secondary N) is 1. The van der Waals surface area contributed by atoms with Gasteiger partial charge in [0.05, 0.1) is 37.1 Å². The zero-order valence-electron chi connectivity index (χ0n) is 26.9. The largest absolute Gasteiger partial charge is 0.455 e. The van der Waals surface area contributed by atoms with Crippen LogP contribution in [0.1, 0.15) is 71.0 Å². The van der Waals surface area contributed by atoms with Gasteiger partial charge in [0.2, 0.25) is 17.7 Å². The number of ether oxygens (including phenoxy) is 2. The molecule has 0 aromatic heterocycles. The molecule has 10 nitrogen and oxygen atoms in total. The van der Waals surface area contributed by atoms with Gasteiger partial charge in [0, 0.05) is 19.5 Å². The molecule has 0 radical (unpaired) electrons. The van der Waals surface area contributed by atoms with E-state index in [0.29, 0.717) is 37.9 Å². The van der Waals surface area contributed by atoms with E-state index in [9.17, 15) is 24.3 Å². The first-order chi connectivity index (χ1) is 21.6. The standard InChI is InChI=1S/C35H49N3O7/c1-6-9-16-28(40)36-21-27(24-14-12-11-13-15-24)44-34(43)29-26-17-18-35(45-26)30(29)32(41)38(25(22-39)23(4)5)31(35)33(42)37(19-8-3)20-10-7-2/h6,8,11-15,23,25-27,29-31,39H,1,3,7,9-10,16-22H2,2,4-5H3,(H,36,40)/t25-,26-,27-,29+,30+,31-,35+/m0/s1. The molecule has 0 aliphatic carbocycles. The van der Waals surface area contributed by atoms with Crippen LogP contribution in [0.15, 0.2) is 55.6 Å². The normalized spacial score (nSPS) is 26.3. The number of allylic oxidation sites excluding steroid dienone is 1. The number of nitrogens with zero attached hydrogens (tertiary/aromatic N) is 2. The minimum Gasteiger partial charge on any atom is -0.455 e. The Labute approximate surface area is 266 Å². The highest BCUT2D eigenvalue weighted by atomic mass is 16.6. The fourth-order valence-electron chi connectivity index (χ4n) is 7.23. The molecule has 2 bridgehead atoms. The number of aliphatic hydroxyl groups excluding tert-OH is 1. The number of esters is 1. The van der Waals surface area contributed by atoms with E-state index < -0.39 is 47.7 Å². The van der Waals surface area contributed by atoms with Crippen molar-refractivity contribution in [2.75, 3.05) is 26.2 Å². The van der Waals surface area contributed by atoms with Crippen molar-refractivity contribution in [1.82, 2.24) is 15.1 Å². The zero-order chi connectivity index (χ0) is 32.7. The van der Waals surface area contributed by atoms with E-state index in [1.165, 1.54) is 4.90 Å². The van der Waals surface area contributed by atoms with Gasteiger partial charge in [-0.1, -0.05) is 69.7 Å². The van der Waals surface area contributed by atoms with Crippen LogP contribution < -0.4 is 5.32 Å². The molecule has 3 fully saturated rings. The lowest BCUT2D eigenvalue weighted by atomic mass is 9.70. The molecule has 3 aliphatic heterocycles. The van der Waals surface area contributed by atoms with Crippen LogP contribution in [0.3, 0.4) is 0 Å². The molecule has 45 heavy (non-hydrogen) atoms. The third kappa shape index (κ3) is 6.87. The van der Waals surface area contributed by atoms with Crippen molar-refractivity contribution in [3.05, 3.63) is 61.2 Å². The number of rotatable bonds is 17. The van der Waals surface area contributed by atoms with Crippen molar-refractivity contribution in [2.24, 2.45) is 17.8 Å². The fraction of sp³-hybridized carbons (Fsp3) is 0.600. The van der Waals surface area contributed by atoms with Crippen LogP contribution in [0, 0.1) is 17.8 Å². The first kappa shape index (κ1) is 34.4. The Morgan fingerprint density at radius 3 is 2.58 bits per heavy atom. The zero-order valence-corrected chi connectivity index (χ0v) is 26.9. The quantitative estimate of drug-likeness (QED) is 0.201. The van der Waals surface area contributed by atoms with E-state index >= 15 is 0 Å². The van der Waals surface area contributed by atoms with E-state index in [4.69, 9.17) is 9.47 Å². The van der Waals surface area contributed by atoms with Gasteiger partial charge in [-0.3, -0.25) is 19.2 Å². The van der Waals surface area contributed by atoms with Crippen LogP contribution in [0.4, 0.5) is 0 Å². The van der Waals surface area contributed by atoms with Crippen LogP contribution in [-0.2, 0) is 28.7 Å². The number of likely N-dealkylation sites (tertiary alicyclic amines) is 1. The van der Waals surface area contributed by atoms with Crippen LogP contribution in [0.2, 0.25) is 0 Å². The molecular weight excluding hydrogens is 574 g/mol. The van der Waals surface area contributed by atoms with Gasteiger partial charge in [0.1, 0.15) is 17.7 Å². The van der Waals surface area contributed by atoms with Gasteiger partial charge in [0.25, 0.3) is 0 Å². The van der Waals surface area contributed by atoms with Crippen molar-refractivity contribution < 1.29 is 33.8 Å². The maximum absolute atomic E-state index is 14.4. The van der Waals surface area contributed by atoms with E-state index in [1.807, 2.05) is 51.1 Å².